The lowest BCUT2D eigenvalue weighted by Gasteiger charge is -2.14. The fourth-order valence-electron chi connectivity index (χ4n) is 4.08. The van der Waals surface area contributed by atoms with Gasteiger partial charge in [-0.15, -0.1) is 0 Å². The Bertz CT molecular complexity index is 1530. The highest BCUT2D eigenvalue weighted by molar-refractivity contribution is 6.21. The van der Waals surface area contributed by atoms with Crippen LogP contribution in [-0.2, 0) is 16.1 Å². The van der Waals surface area contributed by atoms with Gasteiger partial charge in [-0.1, -0.05) is 48.5 Å². The van der Waals surface area contributed by atoms with Gasteiger partial charge in [0.1, 0.15) is 11.5 Å². The van der Waals surface area contributed by atoms with Gasteiger partial charge in [0, 0.05) is 5.69 Å². The zero-order valence-corrected chi connectivity index (χ0v) is 21.0. The number of hydrogen-bond donors (Lipinski definition) is 1. The van der Waals surface area contributed by atoms with Crippen LogP contribution in [0, 0.1) is 0 Å². The number of nitrogens with one attached hydrogen (secondary N) is 1. The van der Waals surface area contributed by atoms with Crippen molar-refractivity contribution in [1.82, 2.24) is 4.90 Å². The molecule has 1 atom stereocenters. The summed E-state index contributed by atoms with van der Waals surface area (Å²) in [5.41, 5.74) is 1.73. The zero-order chi connectivity index (χ0) is 27.4. The van der Waals surface area contributed by atoms with Crippen molar-refractivity contribution >= 4 is 29.4 Å². The van der Waals surface area contributed by atoms with Crippen molar-refractivity contribution in [3.05, 3.63) is 125 Å². The summed E-state index contributed by atoms with van der Waals surface area (Å²) in [5, 5.41) is 2.70. The van der Waals surface area contributed by atoms with E-state index in [4.69, 9.17) is 9.47 Å². The predicted molar refractivity (Wildman–Crippen MR) is 144 cm³/mol. The Hall–Kier alpha value is -5.24. The van der Waals surface area contributed by atoms with Crippen molar-refractivity contribution in [1.29, 1.82) is 0 Å². The Balaban J connectivity index is 1.19. The van der Waals surface area contributed by atoms with Gasteiger partial charge in [-0.3, -0.25) is 19.3 Å². The molecule has 0 aromatic heterocycles. The van der Waals surface area contributed by atoms with Gasteiger partial charge in [-0.05, 0) is 67.1 Å². The minimum absolute atomic E-state index is 0.0681. The number of fused-ring (bicyclic) bond motifs is 1. The van der Waals surface area contributed by atoms with E-state index in [9.17, 15) is 19.2 Å². The Labute approximate surface area is 224 Å². The Morgan fingerprint density at radius 3 is 2.08 bits per heavy atom. The minimum Gasteiger partial charge on any atom is -0.457 e. The quantitative estimate of drug-likeness (QED) is 0.245. The Morgan fingerprint density at radius 2 is 1.38 bits per heavy atom. The summed E-state index contributed by atoms with van der Waals surface area (Å²) in [6.45, 7) is 1.58. The smallest absolute Gasteiger partial charge is 0.338 e. The lowest BCUT2D eigenvalue weighted by atomic mass is 10.1. The second-order valence-electron chi connectivity index (χ2n) is 8.92. The predicted octanol–water partition coefficient (Wildman–Crippen LogP) is 5.46. The molecule has 4 aromatic carbocycles. The molecule has 0 saturated carbocycles. The highest BCUT2D eigenvalue weighted by Crippen LogP contribution is 2.26. The van der Waals surface area contributed by atoms with Crippen LogP contribution in [0.1, 0.15) is 43.6 Å². The molecule has 1 unspecified atom stereocenters. The zero-order valence-electron chi connectivity index (χ0n) is 21.0. The van der Waals surface area contributed by atoms with E-state index in [1.54, 1.807) is 24.3 Å². The number of carbonyl (C=O) groups excluding carboxylic acids is 4. The molecule has 194 valence electrons. The summed E-state index contributed by atoms with van der Waals surface area (Å²) >= 11 is 0. The molecule has 8 heteroatoms. The van der Waals surface area contributed by atoms with Crippen LogP contribution < -0.4 is 10.1 Å². The van der Waals surface area contributed by atoms with E-state index in [1.165, 1.54) is 25.1 Å². The normalized spacial score (nSPS) is 13.0. The van der Waals surface area contributed by atoms with Crippen molar-refractivity contribution in [2.24, 2.45) is 0 Å². The second-order valence-corrected chi connectivity index (χ2v) is 8.92. The van der Waals surface area contributed by atoms with E-state index in [0.29, 0.717) is 17.2 Å². The number of hydrogen-bond acceptors (Lipinski definition) is 6. The van der Waals surface area contributed by atoms with E-state index in [2.05, 4.69) is 5.32 Å². The topological polar surface area (TPSA) is 102 Å². The first-order valence-corrected chi connectivity index (χ1v) is 12.3. The molecule has 1 heterocycles. The number of benzene rings is 4. The maximum absolute atomic E-state index is 12.9. The molecule has 39 heavy (non-hydrogen) atoms. The fraction of sp³-hybridized carbons (Fsp3) is 0.0968. The summed E-state index contributed by atoms with van der Waals surface area (Å²) in [6.07, 6.45) is -1.11. The van der Waals surface area contributed by atoms with Gasteiger partial charge in [-0.2, -0.15) is 0 Å². The van der Waals surface area contributed by atoms with Gasteiger partial charge >= 0.3 is 5.97 Å². The summed E-state index contributed by atoms with van der Waals surface area (Å²) in [7, 11) is 0. The third-order valence-corrected chi connectivity index (χ3v) is 6.14. The maximum Gasteiger partial charge on any atom is 0.338 e. The number of rotatable bonds is 8. The summed E-state index contributed by atoms with van der Waals surface area (Å²) < 4.78 is 11.1. The molecule has 1 aliphatic heterocycles. The van der Waals surface area contributed by atoms with Crippen LogP contribution in [0.3, 0.4) is 0 Å². The summed E-state index contributed by atoms with van der Waals surface area (Å²) in [4.78, 5) is 52.2. The molecule has 0 aliphatic carbocycles. The first kappa shape index (κ1) is 25.4. The molecule has 1 aliphatic rings. The third kappa shape index (κ3) is 5.70. The largest absolute Gasteiger partial charge is 0.457 e. The van der Waals surface area contributed by atoms with Crippen molar-refractivity contribution in [2.45, 2.75) is 19.6 Å². The first-order chi connectivity index (χ1) is 18.9. The number of amides is 3. The molecule has 3 amide bonds. The molecule has 0 saturated heterocycles. The standard InChI is InChI=1S/C31H24N2O6/c1-20(28(34)32-23-13-15-25(16-14-23)39-24-10-6-3-7-11-24)38-31(37)22-12-17-26-27(18-22)30(36)33(29(26)35)19-21-8-4-2-5-9-21/h2-18,20H,19H2,1H3,(H,32,34). The van der Waals surface area contributed by atoms with Crippen molar-refractivity contribution in [3.8, 4) is 11.5 Å². The lowest BCUT2D eigenvalue weighted by molar-refractivity contribution is -0.123. The van der Waals surface area contributed by atoms with Crippen LogP contribution >= 0.6 is 0 Å². The number of para-hydroxylation sites is 1. The first-order valence-electron chi connectivity index (χ1n) is 12.3. The van der Waals surface area contributed by atoms with E-state index < -0.39 is 29.8 Å². The van der Waals surface area contributed by atoms with Crippen molar-refractivity contribution < 1.29 is 28.7 Å². The average molecular weight is 521 g/mol. The monoisotopic (exact) mass is 520 g/mol. The number of imide groups is 1. The highest BCUT2D eigenvalue weighted by atomic mass is 16.5. The van der Waals surface area contributed by atoms with Crippen LogP contribution in [0.2, 0.25) is 0 Å². The molecule has 0 radical (unpaired) electrons. The maximum atomic E-state index is 12.9. The molecule has 0 bridgehead atoms. The lowest BCUT2D eigenvalue weighted by Crippen LogP contribution is -2.30. The van der Waals surface area contributed by atoms with E-state index in [-0.39, 0.29) is 23.2 Å². The SMILES string of the molecule is CC(OC(=O)c1ccc2c(c1)C(=O)N(Cc1ccccc1)C2=O)C(=O)Nc1ccc(Oc2ccccc2)cc1. The Morgan fingerprint density at radius 1 is 0.769 bits per heavy atom. The van der Waals surface area contributed by atoms with Crippen molar-refractivity contribution in [3.63, 3.8) is 0 Å². The van der Waals surface area contributed by atoms with Gasteiger partial charge in [0.05, 0.1) is 23.2 Å². The van der Waals surface area contributed by atoms with Crippen LogP contribution in [0.15, 0.2) is 103 Å². The molecule has 4 aromatic rings. The number of carbonyl (C=O) groups is 4. The van der Waals surface area contributed by atoms with Crippen LogP contribution in [0.4, 0.5) is 5.69 Å². The van der Waals surface area contributed by atoms with Crippen LogP contribution in [0.5, 0.6) is 11.5 Å². The number of nitrogens with zero attached hydrogens (tertiary/aromatic N) is 1. The van der Waals surface area contributed by atoms with Gasteiger partial charge in [0.2, 0.25) is 0 Å². The Kier molecular flexibility index (Phi) is 7.18. The van der Waals surface area contributed by atoms with E-state index in [1.807, 2.05) is 60.7 Å². The molecular formula is C31H24N2O6. The van der Waals surface area contributed by atoms with Crippen LogP contribution in [0.25, 0.3) is 0 Å². The van der Waals surface area contributed by atoms with Crippen molar-refractivity contribution in [2.75, 3.05) is 5.32 Å². The number of esters is 1. The second kappa shape index (κ2) is 11.0. The summed E-state index contributed by atoms with van der Waals surface area (Å²) in [6, 6.07) is 29.4. The van der Waals surface area contributed by atoms with Gasteiger partial charge in [0.15, 0.2) is 6.10 Å². The molecule has 0 fully saturated rings. The van der Waals surface area contributed by atoms with E-state index in [0.717, 1.165) is 10.5 Å². The highest BCUT2D eigenvalue weighted by Gasteiger charge is 2.36. The van der Waals surface area contributed by atoms with Gasteiger partial charge < -0.3 is 14.8 Å². The number of ether oxygens (including phenoxy) is 2. The van der Waals surface area contributed by atoms with Gasteiger partial charge in [0.25, 0.3) is 17.7 Å². The molecule has 5 rings (SSSR count). The molecular weight excluding hydrogens is 496 g/mol. The molecule has 1 N–H and O–H groups in total. The fourth-order valence-corrected chi connectivity index (χ4v) is 4.08. The molecule has 0 spiro atoms. The minimum atomic E-state index is -1.11. The van der Waals surface area contributed by atoms with Gasteiger partial charge in [-0.25, -0.2) is 4.79 Å². The van der Waals surface area contributed by atoms with E-state index >= 15 is 0 Å². The average Bonchev–Trinajstić information content (AvgIpc) is 3.19. The number of anilines is 1. The molecule has 8 nitrogen and oxygen atoms in total. The third-order valence-electron chi connectivity index (χ3n) is 6.14. The summed E-state index contributed by atoms with van der Waals surface area (Å²) in [5.74, 6) is -0.928. The van der Waals surface area contributed by atoms with Crippen LogP contribution in [-0.4, -0.2) is 34.7 Å².